The Labute approximate surface area is 168 Å². The third kappa shape index (κ3) is 6.61. The average Bonchev–Trinajstić information content (AvgIpc) is 2.67. The van der Waals surface area contributed by atoms with Gasteiger partial charge in [0.15, 0.2) is 0 Å². The third-order valence-electron chi connectivity index (χ3n) is 3.70. The third-order valence-corrected chi connectivity index (χ3v) is 5.14. The molecular weight excluding hydrogens is 398 g/mol. The fourth-order valence-corrected chi connectivity index (χ4v) is 3.34. The standard InChI is InChI=1S/C19H21N3O6S/c1-13(23)22-29(26,27)17-8-6-15(7-9-17)21-18(24)10-11-20-19(25)14-4-3-5-16(12-14)28-2/h3-9,12H,10-11H2,1-2H3,(H,20,25)(H,21,24)(H,22,23). The van der Waals surface area contributed by atoms with Crippen LogP contribution in [0.1, 0.15) is 23.7 Å². The molecule has 0 aromatic heterocycles. The van der Waals surface area contributed by atoms with E-state index in [0.717, 1.165) is 6.92 Å². The van der Waals surface area contributed by atoms with E-state index in [1.807, 2.05) is 4.72 Å². The van der Waals surface area contributed by atoms with E-state index in [4.69, 9.17) is 4.74 Å². The van der Waals surface area contributed by atoms with E-state index in [1.165, 1.54) is 31.4 Å². The minimum Gasteiger partial charge on any atom is -0.497 e. The first-order valence-corrected chi connectivity index (χ1v) is 10.0. The number of nitrogens with one attached hydrogen (secondary N) is 3. The summed E-state index contributed by atoms with van der Waals surface area (Å²) >= 11 is 0. The predicted octanol–water partition coefficient (Wildman–Crippen LogP) is 1.28. The van der Waals surface area contributed by atoms with Gasteiger partial charge < -0.3 is 15.4 Å². The Morgan fingerprint density at radius 1 is 1.03 bits per heavy atom. The van der Waals surface area contributed by atoms with Crippen molar-refractivity contribution in [2.24, 2.45) is 0 Å². The first kappa shape index (κ1) is 21.9. The van der Waals surface area contributed by atoms with E-state index < -0.39 is 15.9 Å². The molecule has 3 amide bonds. The van der Waals surface area contributed by atoms with E-state index in [0.29, 0.717) is 17.0 Å². The summed E-state index contributed by atoms with van der Waals surface area (Å²) in [5.41, 5.74) is 0.802. The summed E-state index contributed by atoms with van der Waals surface area (Å²) in [6.07, 6.45) is 0.0294. The van der Waals surface area contributed by atoms with Gasteiger partial charge in [0.05, 0.1) is 12.0 Å². The summed E-state index contributed by atoms with van der Waals surface area (Å²) in [5.74, 6) is -0.824. The van der Waals surface area contributed by atoms with Gasteiger partial charge in [-0.2, -0.15) is 0 Å². The predicted molar refractivity (Wildman–Crippen MR) is 106 cm³/mol. The van der Waals surface area contributed by atoms with Crippen molar-refractivity contribution in [3.8, 4) is 5.75 Å². The number of hydrogen-bond donors (Lipinski definition) is 3. The zero-order valence-electron chi connectivity index (χ0n) is 15.9. The van der Waals surface area contributed by atoms with Crippen LogP contribution < -0.4 is 20.1 Å². The van der Waals surface area contributed by atoms with Crippen molar-refractivity contribution in [3.05, 3.63) is 54.1 Å². The number of carbonyl (C=O) groups excluding carboxylic acids is 3. The second-order valence-electron chi connectivity index (χ2n) is 5.97. The molecule has 0 bridgehead atoms. The van der Waals surface area contributed by atoms with E-state index in [1.54, 1.807) is 24.3 Å². The van der Waals surface area contributed by atoms with Crippen LogP contribution in [0.15, 0.2) is 53.4 Å². The molecule has 0 aliphatic heterocycles. The van der Waals surface area contributed by atoms with E-state index >= 15 is 0 Å². The normalized spacial score (nSPS) is 10.7. The highest BCUT2D eigenvalue weighted by Gasteiger charge is 2.15. The fraction of sp³-hybridized carbons (Fsp3) is 0.211. The summed E-state index contributed by atoms with van der Waals surface area (Å²) in [6, 6.07) is 12.0. The maximum absolute atomic E-state index is 12.1. The van der Waals surface area contributed by atoms with Gasteiger partial charge in [0, 0.05) is 31.1 Å². The minimum atomic E-state index is -3.93. The molecule has 0 fully saturated rings. The average molecular weight is 419 g/mol. The van der Waals surface area contributed by atoms with Crippen molar-refractivity contribution in [1.29, 1.82) is 0 Å². The molecule has 0 atom stereocenters. The molecule has 2 rings (SSSR count). The molecule has 0 aliphatic carbocycles. The fourth-order valence-electron chi connectivity index (χ4n) is 2.34. The van der Waals surface area contributed by atoms with Gasteiger partial charge in [-0.1, -0.05) is 6.07 Å². The number of sulfonamides is 1. The lowest BCUT2D eigenvalue weighted by molar-refractivity contribution is -0.117. The van der Waals surface area contributed by atoms with Crippen LogP contribution in [0.5, 0.6) is 5.75 Å². The molecular formula is C19H21N3O6S. The van der Waals surface area contributed by atoms with Crippen molar-refractivity contribution in [1.82, 2.24) is 10.0 Å². The summed E-state index contributed by atoms with van der Waals surface area (Å²) in [4.78, 5) is 34.9. The van der Waals surface area contributed by atoms with Gasteiger partial charge in [-0.05, 0) is 42.5 Å². The molecule has 2 aromatic rings. The van der Waals surface area contributed by atoms with Crippen LogP contribution in [0.4, 0.5) is 5.69 Å². The lowest BCUT2D eigenvalue weighted by atomic mass is 10.2. The number of amides is 3. The van der Waals surface area contributed by atoms with Crippen molar-refractivity contribution < 1.29 is 27.5 Å². The second-order valence-corrected chi connectivity index (χ2v) is 7.65. The monoisotopic (exact) mass is 419 g/mol. The maximum atomic E-state index is 12.1. The second kappa shape index (κ2) is 9.69. The van der Waals surface area contributed by atoms with Crippen molar-refractivity contribution in [3.63, 3.8) is 0 Å². The Kier molecular flexibility index (Phi) is 7.32. The molecule has 0 saturated carbocycles. The molecule has 10 heteroatoms. The Balaban J connectivity index is 1.84. The van der Waals surface area contributed by atoms with E-state index in [2.05, 4.69) is 10.6 Å². The highest BCUT2D eigenvalue weighted by molar-refractivity contribution is 7.90. The Bertz CT molecular complexity index is 1000. The van der Waals surface area contributed by atoms with Crippen LogP contribution in [-0.2, 0) is 19.6 Å². The number of hydrogen-bond acceptors (Lipinski definition) is 6. The molecule has 0 aliphatic rings. The van der Waals surface area contributed by atoms with Gasteiger partial charge in [-0.25, -0.2) is 13.1 Å². The first-order chi connectivity index (χ1) is 13.7. The zero-order valence-corrected chi connectivity index (χ0v) is 16.7. The molecule has 154 valence electrons. The van der Waals surface area contributed by atoms with Gasteiger partial charge in [0.1, 0.15) is 5.75 Å². The van der Waals surface area contributed by atoms with Gasteiger partial charge >= 0.3 is 0 Å². The quantitative estimate of drug-likeness (QED) is 0.591. The Morgan fingerprint density at radius 3 is 2.34 bits per heavy atom. The minimum absolute atomic E-state index is 0.0294. The van der Waals surface area contributed by atoms with E-state index in [9.17, 15) is 22.8 Å². The number of ether oxygens (including phenoxy) is 1. The van der Waals surface area contributed by atoms with Gasteiger partial charge in [0.25, 0.3) is 15.9 Å². The summed E-state index contributed by atoms with van der Waals surface area (Å²) in [7, 11) is -2.43. The number of benzene rings is 2. The lowest BCUT2D eigenvalue weighted by Crippen LogP contribution is -2.28. The van der Waals surface area contributed by atoms with Gasteiger partial charge in [-0.3, -0.25) is 14.4 Å². The molecule has 0 saturated heterocycles. The lowest BCUT2D eigenvalue weighted by Gasteiger charge is -2.09. The van der Waals surface area contributed by atoms with Crippen LogP contribution >= 0.6 is 0 Å². The largest absolute Gasteiger partial charge is 0.497 e. The molecule has 0 heterocycles. The molecule has 2 aromatic carbocycles. The molecule has 3 N–H and O–H groups in total. The highest BCUT2D eigenvalue weighted by atomic mass is 32.2. The number of anilines is 1. The molecule has 0 radical (unpaired) electrons. The zero-order chi connectivity index (χ0) is 21.4. The highest BCUT2D eigenvalue weighted by Crippen LogP contribution is 2.14. The summed E-state index contributed by atoms with van der Waals surface area (Å²) < 4.78 is 30.7. The SMILES string of the molecule is COc1cccc(C(=O)NCCC(=O)Nc2ccc(S(=O)(=O)NC(C)=O)cc2)c1. The van der Waals surface area contributed by atoms with Gasteiger partial charge in [-0.15, -0.1) is 0 Å². The van der Waals surface area contributed by atoms with Crippen molar-refractivity contribution in [2.45, 2.75) is 18.2 Å². The van der Waals surface area contributed by atoms with Gasteiger partial charge in [0.2, 0.25) is 11.8 Å². The molecule has 0 unspecified atom stereocenters. The van der Waals surface area contributed by atoms with Crippen LogP contribution in [0.2, 0.25) is 0 Å². The number of carbonyl (C=O) groups is 3. The number of methoxy groups -OCH3 is 1. The molecule has 29 heavy (non-hydrogen) atoms. The smallest absolute Gasteiger partial charge is 0.264 e. The van der Waals surface area contributed by atoms with Crippen molar-refractivity contribution >= 4 is 33.4 Å². The summed E-state index contributed by atoms with van der Waals surface area (Å²) in [5, 5.41) is 5.24. The topological polar surface area (TPSA) is 131 Å². The van der Waals surface area contributed by atoms with Crippen molar-refractivity contribution in [2.75, 3.05) is 19.0 Å². The first-order valence-electron chi connectivity index (χ1n) is 8.57. The molecule has 0 spiro atoms. The van der Waals surface area contributed by atoms with Crippen LogP contribution in [0.3, 0.4) is 0 Å². The Morgan fingerprint density at radius 2 is 1.72 bits per heavy atom. The van der Waals surface area contributed by atoms with Crippen LogP contribution in [0.25, 0.3) is 0 Å². The van der Waals surface area contributed by atoms with E-state index in [-0.39, 0.29) is 29.7 Å². The Hall–Kier alpha value is -3.40. The summed E-state index contributed by atoms with van der Waals surface area (Å²) in [6.45, 7) is 1.22. The number of rotatable bonds is 8. The maximum Gasteiger partial charge on any atom is 0.264 e. The molecule has 9 nitrogen and oxygen atoms in total. The van der Waals surface area contributed by atoms with Crippen LogP contribution in [-0.4, -0.2) is 39.8 Å². The van der Waals surface area contributed by atoms with Crippen LogP contribution in [0, 0.1) is 0 Å².